The monoisotopic (exact) mass is 286 g/mol. The van der Waals surface area contributed by atoms with Crippen LogP contribution in [-0.2, 0) is 10.0 Å². The van der Waals surface area contributed by atoms with Crippen LogP contribution in [0.15, 0.2) is 23.1 Å². The summed E-state index contributed by atoms with van der Waals surface area (Å²) in [7, 11) is -3.90. The van der Waals surface area contributed by atoms with Crippen molar-refractivity contribution in [3.63, 3.8) is 0 Å². The number of primary sulfonamides is 1. The molecule has 1 aromatic carbocycles. The van der Waals surface area contributed by atoms with Crippen LogP contribution >= 0.6 is 0 Å². The summed E-state index contributed by atoms with van der Waals surface area (Å²) in [4.78, 5) is 10.9. The second kappa shape index (κ2) is 6.03. The normalized spacial score (nSPS) is 13.0. The Kier molecular flexibility index (Phi) is 4.90. The lowest BCUT2D eigenvalue weighted by Gasteiger charge is -2.14. The van der Waals surface area contributed by atoms with E-state index < -0.39 is 16.0 Å². The van der Waals surface area contributed by atoms with Gasteiger partial charge in [0.15, 0.2) is 0 Å². The molecule has 0 saturated heterocycles. The Bertz CT molecular complexity index is 569. The number of nitrogens with one attached hydrogen (secondary N) is 1. The van der Waals surface area contributed by atoms with E-state index in [0.717, 1.165) is 12.5 Å². The first kappa shape index (κ1) is 15.5. The molecule has 0 bridgehead atoms. The van der Waals surface area contributed by atoms with Gasteiger partial charge in [0.25, 0.3) is 0 Å². The van der Waals surface area contributed by atoms with Crippen LogP contribution in [0.3, 0.4) is 0 Å². The minimum Gasteiger partial charge on any atom is -0.478 e. The molecular formula is C12H18N2O4S. The molecule has 0 aromatic heterocycles. The van der Waals surface area contributed by atoms with E-state index in [1.165, 1.54) is 12.1 Å². The third-order valence-corrected chi connectivity index (χ3v) is 3.80. The van der Waals surface area contributed by atoms with Crippen LogP contribution < -0.4 is 10.5 Å². The average Bonchev–Trinajstić information content (AvgIpc) is 2.34. The second-order valence-corrected chi connectivity index (χ2v) is 6.01. The fourth-order valence-electron chi connectivity index (χ4n) is 1.46. The molecule has 0 aliphatic carbocycles. The van der Waals surface area contributed by atoms with E-state index in [-0.39, 0.29) is 10.5 Å². The van der Waals surface area contributed by atoms with Crippen molar-refractivity contribution in [3.8, 4) is 0 Å². The molecule has 1 unspecified atom stereocenters. The maximum Gasteiger partial charge on any atom is 0.337 e. The van der Waals surface area contributed by atoms with Crippen LogP contribution in [0.1, 0.15) is 30.6 Å². The highest BCUT2D eigenvalue weighted by atomic mass is 32.2. The Labute approximate surface area is 112 Å². The number of aromatic carboxylic acids is 1. The Morgan fingerprint density at radius 2 is 2.11 bits per heavy atom. The first-order valence-corrected chi connectivity index (χ1v) is 7.44. The van der Waals surface area contributed by atoms with Gasteiger partial charge < -0.3 is 10.4 Å². The summed E-state index contributed by atoms with van der Waals surface area (Å²) >= 11 is 0. The fourth-order valence-corrected chi connectivity index (χ4v) is 2.00. The molecule has 19 heavy (non-hydrogen) atoms. The van der Waals surface area contributed by atoms with Crippen molar-refractivity contribution in [3.05, 3.63) is 23.8 Å². The van der Waals surface area contributed by atoms with Crippen molar-refractivity contribution < 1.29 is 18.3 Å². The SMILES string of the molecule is CCC(C)CNc1ccc(S(N)(=O)=O)cc1C(=O)O. The molecule has 0 fully saturated rings. The van der Waals surface area contributed by atoms with Crippen LogP contribution in [0.2, 0.25) is 0 Å². The van der Waals surface area contributed by atoms with Crippen molar-refractivity contribution in [2.75, 3.05) is 11.9 Å². The highest BCUT2D eigenvalue weighted by Gasteiger charge is 2.16. The Hall–Kier alpha value is -1.60. The highest BCUT2D eigenvalue weighted by molar-refractivity contribution is 7.89. The van der Waals surface area contributed by atoms with Crippen LogP contribution in [-0.4, -0.2) is 26.0 Å². The van der Waals surface area contributed by atoms with Gasteiger partial charge in [-0.2, -0.15) is 0 Å². The summed E-state index contributed by atoms with van der Waals surface area (Å²) in [5, 5.41) is 17.1. The van der Waals surface area contributed by atoms with Gasteiger partial charge in [-0.05, 0) is 24.1 Å². The Balaban J connectivity index is 3.09. The summed E-state index contributed by atoms with van der Waals surface area (Å²) in [6, 6.07) is 3.78. The summed E-state index contributed by atoms with van der Waals surface area (Å²) in [6.45, 7) is 4.69. The summed E-state index contributed by atoms with van der Waals surface area (Å²) < 4.78 is 22.4. The molecule has 1 rings (SSSR count). The zero-order valence-corrected chi connectivity index (χ0v) is 11.7. The number of carboxylic acid groups (broad SMARTS) is 1. The molecule has 6 nitrogen and oxygen atoms in total. The molecular weight excluding hydrogens is 268 g/mol. The van der Waals surface area contributed by atoms with E-state index in [4.69, 9.17) is 10.2 Å². The summed E-state index contributed by atoms with van der Waals surface area (Å²) in [6.07, 6.45) is 0.963. The number of rotatable bonds is 6. The van der Waals surface area contributed by atoms with E-state index in [9.17, 15) is 13.2 Å². The molecule has 0 saturated carbocycles. The van der Waals surface area contributed by atoms with Crippen molar-refractivity contribution in [2.24, 2.45) is 11.1 Å². The molecule has 0 radical (unpaired) electrons. The molecule has 106 valence electrons. The van der Waals surface area contributed by atoms with Gasteiger partial charge >= 0.3 is 5.97 Å². The van der Waals surface area contributed by atoms with Crippen molar-refractivity contribution in [1.29, 1.82) is 0 Å². The van der Waals surface area contributed by atoms with Crippen LogP contribution in [0.25, 0.3) is 0 Å². The first-order chi connectivity index (χ1) is 8.75. The molecule has 0 spiro atoms. The van der Waals surface area contributed by atoms with Gasteiger partial charge in [-0.15, -0.1) is 0 Å². The van der Waals surface area contributed by atoms with Gasteiger partial charge in [-0.3, -0.25) is 0 Å². The van der Waals surface area contributed by atoms with Gasteiger partial charge in [0, 0.05) is 12.2 Å². The van der Waals surface area contributed by atoms with E-state index in [2.05, 4.69) is 5.32 Å². The van der Waals surface area contributed by atoms with Crippen LogP contribution in [0.4, 0.5) is 5.69 Å². The minimum atomic E-state index is -3.90. The molecule has 7 heteroatoms. The minimum absolute atomic E-state index is 0.102. The zero-order chi connectivity index (χ0) is 14.6. The third-order valence-electron chi connectivity index (χ3n) is 2.89. The molecule has 0 heterocycles. The number of carbonyl (C=O) groups is 1. The Morgan fingerprint density at radius 3 is 2.58 bits per heavy atom. The average molecular weight is 286 g/mol. The molecule has 1 aromatic rings. The smallest absolute Gasteiger partial charge is 0.337 e. The second-order valence-electron chi connectivity index (χ2n) is 4.45. The van der Waals surface area contributed by atoms with Gasteiger partial charge in [-0.25, -0.2) is 18.4 Å². The standard InChI is InChI=1S/C12H18N2O4S/c1-3-8(2)7-14-11-5-4-9(19(13,17)18)6-10(11)12(15)16/h4-6,8,14H,3,7H2,1-2H3,(H,15,16)(H2,13,17,18). The summed E-state index contributed by atoms with van der Waals surface area (Å²) in [5.41, 5.74) is 0.287. The van der Waals surface area contributed by atoms with Crippen molar-refractivity contribution >= 4 is 21.7 Å². The molecule has 1 atom stereocenters. The van der Waals surface area contributed by atoms with Crippen molar-refractivity contribution in [2.45, 2.75) is 25.2 Å². The number of hydrogen-bond donors (Lipinski definition) is 3. The molecule has 0 amide bonds. The predicted molar refractivity (Wildman–Crippen MR) is 72.7 cm³/mol. The lowest BCUT2D eigenvalue weighted by molar-refractivity contribution is 0.0697. The van der Waals surface area contributed by atoms with Crippen LogP contribution in [0, 0.1) is 5.92 Å². The van der Waals surface area contributed by atoms with Crippen molar-refractivity contribution in [1.82, 2.24) is 0 Å². The third kappa shape index (κ3) is 4.22. The largest absolute Gasteiger partial charge is 0.478 e. The fraction of sp³-hybridized carbons (Fsp3) is 0.417. The maximum atomic E-state index is 11.2. The first-order valence-electron chi connectivity index (χ1n) is 5.89. The molecule has 4 N–H and O–H groups in total. The van der Waals surface area contributed by atoms with Gasteiger partial charge in [-0.1, -0.05) is 20.3 Å². The lowest BCUT2D eigenvalue weighted by Crippen LogP contribution is -2.16. The lowest BCUT2D eigenvalue weighted by atomic mass is 10.1. The van der Waals surface area contributed by atoms with E-state index >= 15 is 0 Å². The van der Waals surface area contributed by atoms with Gasteiger partial charge in [0.05, 0.1) is 10.5 Å². The predicted octanol–water partition coefficient (Wildman–Crippen LogP) is 1.49. The Morgan fingerprint density at radius 1 is 1.47 bits per heavy atom. The van der Waals surface area contributed by atoms with E-state index in [0.29, 0.717) is 18.2 Å². The number of carboxylic acids is 1. The highest BCUT2D eigenvalue weighted by Crippen LogP contribution is 2.20. The van der Waals surface area contributed by atoms with Gasteiger partial charge in [0.2, 0.25) is 10.0 Å². The number of hydrogen-bond acceptors (Lipinski definition) is 4. The van der Waals surface area contributed by atoms with Gasteiger partial charge in [0.1, 0.15) is 0 Å². The number of nitrogens with two attached hydrogens (primary N) is 1. The molecule has 0 aliphatic heterocycles. The zero-order valence-electron chi connectivity index (χ0n) is 10.9. The van der Waals surface area contributed by atoms with E-state index in [1.807, 2.05) is 13.8 Å². The maximum absolute atomic E-state index is 11.2. The number of anilines is 1. The summed E-state index contributed by atoms with van der Waals surface area (Å²) in [5.74, 6) is -0.809. The number of benzene rings is 1. The van der Waals surface area contributed by atoms with Crippen LogP contribution in [0.5, 0.6) is 0 Å². The molecule has 0 aliphatic rings. The quantitative estimate of drug-likeness (QED) is 0.734. The topological polar surface area (TPSA) is 109 Å². The number of sulfonamides is 1. The van der Waals surface area contributed by atoms with E-state index in [1.54, 1.807) is 0 Å².